The lowest BCUT2D eigenvalue weighted by molar-refractivity contribution is -0.246. The molecule has 304 valence electrons. The summed E-state index contributed by atoms with van der Waals surface area (Å²) in [5.41, 5.74) is 1.41. The van der Waals surface area contributed by atoms with E-state index in [1.807, 2.05) is 6.07 Å². The van der Waals surface area contributed by atoms with Crippen LogP contribution in [0, 0.1) is 56.7 Å². The Labute approximate surface area is 331 Å². The normalized spacial score (nSPS) is 37.2. The Morgan fingerprint density at radius 3 is 2.21 bits per heavy atom. The second-order valence-electron chi connectivity index (χ2n) is 19.9. The van der Waals surface area contributed by atoms with Crippen LogP contribution in [-0.2, 0) is 17.3 Å². The zero-order chi connectivity index (χ0) is 40.6. The molecule has 2 aromatic rings. The van der Waals surface area contributed by atoms with Crippen LogP contribution in [0.1, 0.15) is 138 Å². The first-order chi connectivity index (χ1) is 26.2. The average Bonchev–Trinajstić information content (AvgIpc) is 3.56. The highest BCUT2D eigenvalue weighted by Crippen LogP contribution is 2.77. The molecule has 0 heterocycles. The Balaban J connectivity index is 1.06. The largest absolute Gasteiger partial charge is 0.478 e. The lowest BCUT2D eigenvalue weighted by atomic mass is 9.32. The van der Waals surface area contributed by atoms with Crippen LogP contribution in [0.5, 0.6) is 0 Å². The van der Waals surface area contributed by atoms with Gasteiger partial charge in [0, 0.05) is 17.7 Å². The van der Waals surface area contributed by atoms with Gasteiger partial charge in [0.05, 0.1) is 23.6 Å². The standard InChI is InChI=1S/C47H62F2N2O5/c1-28(2)33-17-22-46(24-23-44(6)34(38(33)46)15-16-36-43(5)20-19-37(52)42(3,4)35(43)18-21-45(36,44)7)41(56)50-26-29-9-8-10-31(25-29)39(53)51-27-47(48,49)32-13-11-30(12-14-32)40(54)55/h8-14,25,33-38,52H,1,15-24,26-27H2,2-7H3,(H,50,56)(H,51,53)(H,54,55)/t33-,34?,35?,36+,37-,38+,43-,44+,45+,46-/m0/s1. The summed E-state index contributed by atoms with van der Waals surface area (Å²) >= 11 is 0. The highest BCUT2D eigenvalue weighted by Gasteiger charge is 2.71. The van der Waals surface area contributed by atoms with E-state index >= 15 is 0 Å². The molecule has 7 nitrogen and oxygen atoms in total. The fourth-order valence-electron chi connectivity index (χ4n) is 14.0. The predicted molar refractivity (Wildman–Crippen MR) is 213 cm³/mol. The lowest BCUT2D eigenvalue weighted by Gasteiger charge is -2.72. The van der Waals surface area contributed by atoms with E-state index in [0.29, 0.717) is 23.3 Å². The van der Waals surface area contributed by atoms with Crippen molar-refractivity contribution in [1.82, 2.24) is 10.6 Å². The van der Waals surface area contributed by atoms with E-state index in [2.05, 4.69) is 58.8 Å². The van der Waals surface area contributed by atoms with Crippen molar-refractivity contribution in [3.63, 3.8) is 0 Å². The van der Waals surface area contributed by atoms with E-state index in [1.54, 1.807) is 18.2 Å². The third-order valence-electron chi connectivity index (χ3n) is 17.2. The number of aromatic carboxylic acids is 1. The zero-order valence-electron chi connectivity index (χ0n) is 34.2. The molecule has 0 spiro atoms. The summed E-state index contributed by atoms with van der Waals surface area (Å²) < 4.78 is 29.9. The highest BCUT2D eigenvalue weighted by atomic mass is 19.3. The number of allylic oxidation sites excluding steroid dienone is 1. The number of aliphatic hydroxyl groups excluding tert-OH is 1. The van der Waals surface area contributed by atoms with Gasteiger partial charge in [-0.1, -0.05) is 71.0 Å². The Hall–Kier alpha value is -3.59. The number of fused-ring (bicyclic) bond motifs is 7. The summed E-state index contributed by atoms with van der Waals surface area (Å²) in [6.07, 6.45) is 9.88. The Morgan fingerprint density at radius 2 is 1.54 bits per heavy atom. The third-order valence-corrected chi connectivity index (χ3v) is 17.2. The molecule has 4 N–H and O–H groups in total. The summed E-state index contributed by atoms with van der Waals surface area (Å²) in [6.45, 7) is 18.2. The van der Waals surface area contributed by atoms with Crippen molar-refractivity contribution in [3.05, 3.63) is 82.9 Å². The first kappa shape index (κ1) is 40.6. The topological polar surface area (TPSA) is 116 Å². The number of aliphatic hydroxyl groups is 1. The van der Waals surface area contributed by atoms with Crippen molar-refractivity contribution >= 4 is 17.8 Å². The summed E-state index contributed by atoms with van der Waals surface area (Å²) in [4.78, 5) is 38.9. The molecule has 5 saturated carbocycles. The second-order valence-corrected chi connectivity index (χ2v) is 19.9. The van der Waals surface area contributed by atoms with Gasteiger partial charge in [0.1, 0.15) is 0 Å². The summed E-state index contributed by atoms with van der Waals surface area (Å²) in [5, 5.41) is 25.8. The molecule has 9 heteroatoms. The van der Waals surface area contributed by atoms with Crippen LogP contribution in [0.3, 0.4) is 0 Å². The van der Waals surface area contributed by atoms with Crippen LogP contribution in [0.2, 0.25) is 0 Å². The maximum absolute atomic E-state index is 14.9. The minimum atomic E-state index is -3.41. The molecule has 7 rings (SSSR count). The van der Waals surface area contributed by atoms with Crippen LogP contribution in [0.25, 0.3) is 0 Å². The van der Waals surface area contributed by atoms with Crippen LogP contribution in [-0.4, -0.2) is 40.6 Å². The van der Waals surface area contributed by atoms with Crippen molar-refractivity contribution < 1.29 is 33.4 Å². The number of hydrogen-bond acceptors (Lipinski definition) is 4. The lowest BCUT2D eigenvalue weighted by Crippen LogP contribution is -2.67. The molecule has 2 amide bonds. The number of hydrogen-bond donors (Lipinski definition) is 4. The maximum atomic E-state index is 14.9. The van der Waals surface area contributed by atoms with Gasteiger partial charge in [-0.25, -0.2) is 4.79 Å². The molecule has 5 aliphatic rings. The molecule has 0 aliphatic heterocycles. The number of rotatable bonds is 9. The van der Waals surface area contributed by atoms with Gasteiger partial charge in [-0.15, -0.1) is 0 Å². The van der Waals surface area contributed by atoms with Crippen LogP contribution in [0.4, 0.5) is 8.78 Å². The van der Waals surface area contributed by atoms with E-state index in [4.69, 9.17) is 5.11 Å². The summed E-state index contributed by atoms with van der Waals surface area (Å²) in [6, 6.07) is 11.1. The van der Waals surface area contributed by atoms with Crippen LogP contribution < -0.4 is 10.6 Å². The Bertz CT molecular complexity index is 1890. The summed E-state index contributed by atoms with van der Waals surface area (Å²) in [5.74, 6) is -3.25. The number of carboxylic acid groups (broad SMARTS) is 1. The third kappa shape index (κ3) is 6.24. The minimum absolute atomic E-state index is 0.0719. The van der Waals surface area contributed by atoms with E-state index < -0.39 is 35.3 Å². The number of nitrogens with one attached hydrogen (secondary N) is 2. The van der Waals surface area contributed by atoms with Crippen molar-refractivity contribution in [3.8, 4) is 0 Å². The fraction of sp³-hybridized carbons (Fsp3) is 0.638. The number of halogens is 2. The SMILES string of the molecule is C=C(C)[C@@H]1CC[C@]2(C(=O)NCc3cccc(C(=O)NCC(F)(F)c4ccc(C(=O)O)cc4)c3)CC[C@]3(C)C(CC[C@@H]4[C@@]5(C)CC[C@H](O)C(C)(C)C5CC[C@]43C)[C@@H]12. The number of alkyl halides is 2. The molecule has 2 aromatic carbocycles. The second kappa shape index (κ2) is 14.1. The minimum Gasteiger partial charge on any atom is -0.478 e. The van der Waals surface area contributed by atoms with Gasteiger partial charge in [0.15, 0.2) is 0 Å². The van der Waals surface area contributed by atoms with Crippen molar-refractivity contribution in [2.75, 3.05) is 6.54 Å². The molecular weight excluding hydrogens is 711 g/mol. The smallest absolute Gasteiger partial charge is 0.335 e. The van der Waals surface area contributed by atoms with Crippen molar-refractivity contribution in [2.24, 2.45) is 56.7 Å². The van der Waals surface area contributed by atoms with Gasteiger partial charge < -0.3 is 20.8 Å². The Kier molecular flexibility index (Phi) is 10.2. The van der Waals surface area contributed by atoms with Crippen molar-refractivity contribution in [1.29, 1.82) is 0 Å². The van der Waals surface area contributed by atoms with Gasteiger partial charge >= 0.3 is 5.97 Å². The predicted octanol–water partition coefficient (Wildman–Crippen LogP) is 9.54. The summed E-state index contributed by atoms with van der Waals surface area (Å²) in [7, 11) is 0. The number of carbonyl (C=O) groups is 3. The zero-order valence-corrected chi connectivity index (χ0v) is 34.2. The van der Waals surface area contributed by atoms with E-state index in [-0.39, 0.29) is 63.2 Å². The molecule has 0 aromatic heterocycles. The Morgan fingerprint density at radius 1 is 0.821 bits per heavy atom. The number of benzene rings is 2. The number of amides is 2. The van der Waals surface area contributed by atoms with Gasteiger partial charge in [0.2, 0.25) is 5.91 Å². The fourth-order valence-corrected chi connectivity index (χ4v) is 14.0. The van der Waals surface area contributed by atoms with E-state index in [0.717, 1.165) is 88.5 Å². The van der Waals surface area contributed by atoms with Crippen molar-refractivity contribution in [2.45, 2.75) is 124 Å². The highest BCUT2D eigenvalue weighted by molar-refractivity contribution is 5.94. The first-order valence-corrected chi connectivity index (χ1v) is 20.9. The molecule has 56 heavy (non-hydrogen) atoms. The molecule has 0 saturated heterocycles. The molecule has 0 bridgehead atoms. The van der Waals surface area contributed by atoms with E-state index in [1.165, 1.54) is 5.57 Å². The van der Waals surface area contributed by atoms with Crippen LogP contribution in [0.15, 0.2) is 60.7 Å². The number of carbonyl (C=O) groups excluding carboxylic acids is 2. The molecular formula is C47H62F2N2O5. The van der Waals surface area contributed by atoms with E-state index in [9.17, 15) is 28.3 Å². The van der Waals surface area contributed by atoms with Gasteiger partial charge in [-0.2, -0.15) is 8.78 Å². The average molecular weight is 773 g/mol. The first-order valence-electron chi connectivity index (χ1n) is 20.9. The maximum Gasteiger partial charge on any atom is 0.335 e. The van der Waals surface area contributed by atoms with Gasteiger partial charge in [-0.3, -0.25) is 9.59 Å². The molecule has 5 aliphatic carbocycles. The quantitative estimate of drug-likeness (QED) is 0.190. The van der Waals surface area contributed by atoms with Gasteiger partial charge in [-0.05, 0) is 152 Å². The molecule has 10 atom stereocenters. The monoisotopic (exact) mass is 772 g/mol. The molecule has 2 unspecified atom stereocenters. The molecule has 0 radical (unpaired) electrons. The molecule has 5 fully saturated rings. The van der Waals surface area contributed by atoms with Crippen LogP contribution >= 0.6 is 0 Å². The van der Waals surface area contributed by atoms with Gasteiger partial charge in [0.25, 0.3) is 11.8 Å². The number of carboxylic acids is 1.